The minimum atomic E-state index is -3.69. The summed E-state index contributed by atoms with van der Waals surface area (Å²) in [5, 5.41) is 11.1. The number of tetrazole rings is 1. The van der Waals surface area contributed by atoms with Gasteiger partial charge in [-0.15, -0.1) is 5.10 Å². The Hall–Kier alpha value is -3.37. The molecule has 2 aromatic carbocycles. The van der Waals surface area contributed by atoms with Crippen LogP contribution in [0.4, 0.5) is 0 Å². The summed E-state index contributed by atoms with van der Waals surface area (Å²) < 4.78 is 28.8. The first-order chi connectivity index (χ1) is 13.9. The molecule has 0 aliphatic heterocycles. The molecule has 4 aromatic rings. The number of imidazole rings is 1. The van der Waals surface area contributed by atoms with E-state index in [9.17, 15) is 8.42 Å². The van der Waals surface area contributed by atoms with E-state index in [1.807, 2.05) is 37.3 Å². The summed E-state index contributed by atoms with van der Waals surface area (Å²) in [7, 11) is -2.16. The molecule has 0 spiro atoms. The van der Waals surface area contributed by atoms with Gasteiger partial charge in [-0.1, -0.05) is 30.3 Å². The minimum Gasteiger partial charge on any atom is -0.341 e. The van der Waals surface area contributed by atoms with E-state index in [0.717, 1.165) is 22.5 Å². The van der Waals surface area contributed by atoms with Crippen molar-refractivity contribution >= 4 is 10.0 Å². The molecular weight excluding hydrogens is 390 g/mol. The van der Waals surface area contributed by atoms with Crippen LogP contribution in [-0.2, 0) is 16.6 Å². The third kappa shape index (κ3) is 3.80. The lowest BCUT2D eigenvalue weighted by Gasteiger charge is -2.17. The molecule has 0 aliphatic rings. The Morgan fingerprint density at radius 1 is 1.14 bits per heavy atom. The molecule has 9 nitrogen and oxygen atoms in total. The number of hydrogen-bond donors (Lipinski definition) is 1. The predicted octanol–water partition coefficient (Wildman–Crippen LogP) is 2.18. The van der Waals surface area contributed by atoms with Gasteiger partial charge in [-0.2, -0.15) is 4.31 Å². The van der Waals surface area contributed by atoms with Crippen molar-refractivity contribution < 1.29 is 8.42 Å². The zero-order chi connectivity index (χ0) is 20.4. The van der Waals surface area contributed by atoms with Gasteiger partial charge < -0.3 is 4.98 Å². The number of benzene rings is 2. The van der Waals surface area contributed by atoms with Crippen molar-refractivity contribution in [2.75, 3.05) is 7.05 Å². The first-order valence-corrected chi connectivity index (χ1v) is 10.3. The van der Waals surface area contributed by atoms with E-state index < -0.39 is 10.0 Å². The molecule has 10 heteroatoms. The summed E-state index contributed by atoms with van der Waals surface area (Å²) in [5.74, 6) is 0.567. The van der Waals surface area contributed by atoms with E-state index in [-0.39, 0.29) is 11.4 Å². The second kappa shape index (κ2) is 7.57. The molecule has 0 bridgehead atoms. The fourth-order valence-electron chi connectivity index (χ4n) is 3.00. The van der Waals surface area contributed by atoms with Gasteiger partial charge in [0.15, 0.2) is 0 Å². The van der Waals surface area contributed by atoms with Crippen molar-refractivity contribution in [2.45, 2.75) is 18.4 Å². The molecule has 1 N–H and O–H groups in total. The average molecular weight is 409 g/mol. The molecule has 29 heavy (non-hydrogen) atoms. The van der Waals surface area contributed by atoms with E-state index in [2.05, 4.69) is 25.5 Å². The number of aromatic amines is 1. The van der Waals surface area contributed by atoms with Crippen LogP contribution in [0, 0.1) is 6.92 Å². The Bertz CT molecular complexity index is 1220. The topological polar surface area (TPSA) is 110 Å². The normalized spacial score (nSPS) is 11.8. The van der Waals surface area contributed by atoms with Gasteiger partial charge in [-0.25, -0.2) is 18.1 Å². The number of sulfonamides is 1. The Labute approximate surface area is 168 Å². The van der Waals surface area contributed by atoms with Crippen LogP contribution in [0.5, 0.6) is 0 Å². The lowest BCUT2D eigenvalue weighted by atomic mass is 10.2. The molecule has 0 saturated carbocycles. The van der Waals surface area contributed by atoms with Gasteiger partial charge in [-0.05, 0) is 46.7 Å². The van der Waals surface area contributed by atoms with Crippen molar-refractivity contribution in [2.24, 2.45) is 0 Å². The molecule has 4 rings (SSSR count). The van der Waals surface area contributed by atoms with E-state index in [4.69, 9.17) is 0 Å². The van der Waals surface area contributed by atoms with E-state index in [1.165, 1.54) is 22.4 Å². The largest absolute Gasteiger partial charge is 0.341 e. The van der Waals surface area contributed by atoms with Gasteiger partial charge >= 0.3 is 0 Å². The number of nitrogens with one attached hydrogen (secondary N) is 1. The molecular formula is C19H19N7O2S. The van der Waals surface area contributed by atoms with Crippen molar-refractivity contribution in [1.82, 2.24) is 34.5 Å². The van der Waals surface area contributed by atoms with Gasteiger partial charge in [0.1, 0.15) is 12.2 Å². The zero-order valence-electron chi connectivity index (χ0n) is 15.9. The number of nitrogens with zero attached hydrogens (tertiary/aromatic N) is 6. The summed E-state index contributed by atoms with van der Waals surface area (Å²) in [5.41, 5.74) is 3.30. The predicted molar refractivity (Wildman–Crippen MR) is 107 cm³/mol. The van der Waals surface area contributed by atoms with E-state index >= 15 is 0 Å². The van der Waals surface area contributed by atoms with Crippen molar-refractivity contribution in [3.8, 4) is 16.9 Å². The maximum atomic E-state index is 13.0. The van der Waals surface area contributed by atoms with Crippen LogP contribution in [0.3, 0.4) is 0 Å². The Morgan fingerprint density at radius 2 is 1.93 bits per heavy atom. The molecule has 0 aliphatic carbocycles. The Kier molecular flexibility index (Phi) is 4.95. The third-order valence-electron chi connectivity index (χ3n) is 4.56. The first-order valence-electron chi connectivity index (χ1n) is 8.85. The number of aromatic nitrogens is 6. The van der Waals surface area contributed by atoms with Crippen LogP contribution < -0.4 is 0 Å². The minimum absolute atomic E-state index is 0.128. The highest BCUT2D eigenvalue weighted by molar-refractivity contribution is 7.89. The summed E-state index contributed by atoms with van der Waals surface area (Å²) in [6.45, 7) is 1.94. The highest BCUT2D eigenvalue weighted by Gasteiger charge is 2.23. The van der Waals surface area contributed by atoms with Crippen LogP contribution >= 0.6 is 0 Å². The maximum absolute atomic E-state index is 13.0. The summed E-state index contributed by atoms with van der Waals surface area (Å²) in [4.78, 5) is 7.70. The fraction of sp³-hybridized carbons (Fsp3) is 0.158. The Balaban J connectivity index is 1.55. The van der Waals surface area contributed by atoms with Gasteiger partial charge in [-0.3, -0.25) is 0 Å². The van der Waals surface area contributed by atoms with Crippen LogP contribution in [0.25, 0.3) is 16.9 Å². The monoisotopic (exact) mass is 409 g/mol. The second-order valence-electron chi connectivity index (χ2n) is 6.57. The highest BCUT2D eigenvalue weighted by Crippen LogP contribution is 2.22. The molecule has 0 unspecified atom stereocenters. The summed E-state index contributed by atoms with van der Waals surface area (Å²) >= 11 is 0. The van der Waals surface area contributed by atoms with Gasteiger partial charge in [0, 0.05) is 7.05 Å². The van der Waals surface area contributed by atoms with Crippen molar-refractivity contribution in [3.05, 3.63) is 72.4 Å². The third-order valence-corrected chi connectivity index (χ3v) is 6.36. The number of aryl methyl sites for hydroxylation is 1. The van der Waals surface area contributed by atoms with Gasteiger partial charge in [0.05, 0.1) is 29.0 Å². The second-order valence-corrected chi connectivity index (χ2v) is 8.62. The number of hydrogen-bond acceptors (Lipinski definition) is 6. The molecule has 2 aromatic heterocycles. The fourth-order valence-corrected chi connectivity index (χ4v) is 4.22. The summed E-state index contributed by atoms with van der Waals surface area (Å²) in [6, 6.07) is 14.6. The van der Waals surface area contributed by atoms with Crippen molar-refractivity contribution in [1.29, 1.82) is 0 Å². The standard InChI is InChI=1S/C19H19N7O2S/c1-14-10-16(8-9-18(14)26-13-21-23-24-26)29(27,28)25(2)12-19-20-11-17(22-19)15-6-4-3-5-7-15/h3-11,13H,12H2,1-2H3,(H,20,22). The zero-order valence-corrected chi connectivity index (χ0v) is 16.7. The number of rotatable bonds is 6. The SMILES string of the molecule is Cc1cc(S(=O)(=O)N(C)Cc2ncc(-c3ccccc3)[nH]2)ccc1-n1cnnn1. The van der Waals surface area contributed by atoms with Crippen LogP contribution in [-0.4, -0.2) is 49.9 Å². The summed E-state index contributed by atoms with van der Waals surface area (Å²) in [6.07, 6.45) is 3.17. The number of H-pyrrole nitrogens is 1. The van der Waals surface area contributed by atoms with Gasteiger partial charge in [0.2, 0.25) is 10.0 Å². The maximum Gasteiger partial charge on any atom is 0.243 e. The molecule has 148 valence electrons. The first kappa shape index (κ1) is 19.0. The van der Waals surface area contributed by atoms with E-state index in [1.54, 1.807) is 24.4 Å². The molecule has 0 fully saturated rings. The lowest BCUT2D eigenvalue weighted by molar-refractivity contribution is 0.458. The molecule has 0 saturated heterocycles. The van der Waals surface area contributed by atoms with Crippen LogP contribution in [0.1, 0.15) is 11.4 Å². The molecule has 0 atom stereocenters. The van der Waals surface area contributed by atoms with Crippen LogP contribution in [0.15, 0.2) is 66.0 Å². The molecule has 0 radical (unpaired) electrons. The smallest absolute Gasteiger partial charge is 0.243 e. The molecule has 0 amide bonds. The Morgan fingerprint density at radius 3 is 2.62 bits per heavy atom. The quantitative estimate of drug-likeness (QED) is 0.523. The van der Waals surface area contributed by atoms with Crippen molar-refractivity contribution in [3.63, 3.8) is 0 Å². The lowest BCUT2D eigenvalue weighted by Crippen LogP contribution is -2.27. The highest BCUT2D eigenvalue weighted by atomic mass is 32.2. The average Bonchev–Trinajstić information content (AvgIpc) is 3.41. The molecule has 2 heterocycles. The van der Waals surface area contributed by atoms with Crippen LogP contribution in [0.2, 0.25) is 0 Å². The van der Waals surface area contributed by atoms with Gasteiger partial charge in [0.25, 0.3) is 0 Å². The van der Waals surface area contributed by atoms with E-state index in [0.29, 0.717) is 5.82 Å².